The van der Waals surface area contributed by atoms with Crippen LogP contribution in [0.2, 0.25) is 0 Å². The predicted molar refractivity (Wildman–Crippen MR) is 70.4 cm³/mol. The summed E-state index contributed by atoms with van der Waals surface area (Å²) < 4.78 is 10.8. The van der Waals surface area contributed by atoms with Crippen LogP contribution in [0, 0.1) is 29.6 Å². The summed E-state index contributed by atoms with van der Waals surface area (Å²) in [4.78, 5) is 11.0. The number of carbonyl (C=O) groups is 1. The second-order valence-electron chi connectivity index (χ2n) is 6.79. The van der Waals surface area contributed by atoms with Crippen molar-refractivity contribution in [3.8, 4) is 0 Å². The zero-order valence-corrected chi connectivity index (χ0v) is 11.3. The first-order chi connectivity index (χ1) is 9.28. The molecule has 0 N–H and O–H groups in total. The van der Waals surface area contributed by atoms with Gasteiger partial charge < -0.3 is 9.47 Å². The van der Waals surface area contributed by atoms with Crippen LogP contribution >= 0.6 is 0 Å². The van der Waals surface area contributed by atoms with Gasteiger partial charge in [0.05, 0.1) is 18.8 Å². The van der Waals surface area contributed by atoms with Crippen molar-refractivity contribution >= 4 is 5.97 Å². The van der Waals surface area contributed by atoms with Gasteiger partial charge in [-0.2, -0.15) is 0 Å². The van der Waals surface area contributed by atoms with E-state index in [0.29, 0.717) is 18.8 Å². The van der Waals surface area contributed by atoms with Crippen molar-refractivity contribution in [2.24, 2.45) is 29.6 Å². The summed E-state index contributed by atoms with van der Waals surface area (Å²) in [5.74, 6) is 4.32. The maximum absolute atomic E-state index is 11.0. The molecule has 1 aliphatic heterocycles. The van der Waals surface area contributed by atoms with Crippen LogP contribution in [0.4, 0.5) is 0 Å². The molecule has 0 aromatic carbocycles. The first-order valence-corrected chi connectivity index (χ1v) is 7.72. The molecule has 104 valence electrons. The zero-order chi connectivity index (χ0) is 13.0. The van der Waals surface area contributed by atoms with Gasteiger partial charge in [-0.3, -0.25) is 0 Å². The highest BCUT2D eigenvalue weighted by Gasteiger charge is 2.66. The standard InChI is InChI=1S/C16H22O3/c1-2-14(17)18-5-3-4-9-6-10-7-11(9)15-12(10)8-13-16(15)19-13/h2,9-13,15-16H,1,3-8H2. The molecule has 3 nitrogen and oxygen atoms in total. The third kappa shape index (κ3) is 1.85. The quantitative estimate of drug-likeness (QED) is 0.331. The van der Waals surface area contributed by atoms with Gasteiger partial charge in [0.1, 0.15) is 0 Å². The summed E-state index contributed by atoms with van der Waals surface area (Å²) in [6, 6.07) is 0. The SMILES string of the molecule is C=CC(=O)OCCCC1CC2CC1C1C2CC2OC21. The topological polar surface area (TPSA) is 38.8 Å². The number of hydrogen-bond donors (Lipinski definition) is 0. The van der Waals surface area contributed by atoms with Gasteiger partial charge in [-0.05, 0) is 61.7 Å². The Bertz CT molecular complexity index is 405. The van der Waals surface area contributed by atoms with Gasteiger partial charge in [0.15, 0.2) is 0 Å². The van der Waals surface area contributed by atoms with E-state index in [1.807, 2.05) is 0 Å². The predicted octanol–water partition coefficient (Wildman–Crippen LogP) is 2.56. The lowest BCUT2D eigenvalue weighted by atomic mass is 9.74. The van der Waals surface area contributed by atoms with Crippen molar-refractivity contribution in [1.82, 2.24) is 0 Å². The van der Waals surface area contributed by atoms with Crippen LogP contribution in [0.5, 0.6) is 0 Å². The molecule has 3 aliphatic carbocycles. The minimum atomic E-state index is -0.293. The van der Waals surface area contributed by atoms with E-state index in [4.69, 9.17) is 9.47 Å². The molecule has 0 spiro atoms. The Morgan fingerprint density at radius 1 is 1.32 bits per heavy atom. The molecule has 7 atom stereocenters. The molecule has 2 bridgehead atoms. The molecule has 3 heteroatoms. The Labute approximate surface area is 114 Å². The number of carbonyl (C=O) groups excluding carboxylic acids is 1. The fraction of sp³-hybridized carbons (Fsp3) is 0.812. The van der Waals surface area contributed by atoms with Gasteiger partial charge in [0.2, 0.25) is 0 Å². The molecule has 4 rings (SSSR count). The number of hydrogen-bond acceptors (Lipinski definition) is 3. The normalized spacial score (nSPS) is 48.7. The number of ether oxygens (including phenoxy) is 2. The molecule has 4 fully saturated rings. The Kier molecular flexibility index (Phi) is 2.73. The fourth-order valence-electron chi connectivity index (χ4n) is 5.35. The summed E-state index contributed by atoms with van der Waals surface area (Å²) in [6.07, 6.45) is 8.92. The summed E-state index contributed by atoms with van der Waals surface area (Å²) in [6.45, 7) is 3.96. The number of fused-ring (bicyclic) bond motifs is 7. The third-order valence-electron chi connectivity index (χ3n) is 6.02. The van der Waals surface area contributed by atoms with Crippen LogP contribution < -0.4 is 0 Å². The molecule has 0 aromatic heterocycles. The number of rotatable bonds is 5. The molecule has 4 aliphatic rings. The highest BCUT2D eigenvalue weighted by atomic mass is 16.6. The second kappa shape index (κ2) is 4.34. The van der Waals surface area contributed by atoms with E-state index in [0.717, 1.165) is 36.0 Å². The first kappa shape index (κ1) is 12.0. The Hall–Kier alpha value is -0.830. The van der Waals surface area contributed by atoms with E-state index < -0.39 is 0 Å². The van der Waals surface area contributed by atoms with Crippen molar-refractivity contribution in [2.45, 2.75) is 44.3 Å². The minimum Gasteiger partial charge on any atom is -0.463 e. The number of esters is 1. The van der Waals surface area contributed by atoms with Gasteiger partial charge in [-0.25, -0.2) is 4.79 Å². The van der Waals surface area contributed by atoms with E-state index in [2.05, 4.69) is 6.58 Å². The van der Waals surface area contributed by atoms with Gasteiger partial charge >= 0.3 is 5.97 Å². The van der Waals surface area contributed by atoms with Gasteiger partial charge in [-0.15, -0.1) is 0 Å². The smallest absolute Gasteiger partial charge is 0.330 e. The summed E-state index contributed by atoms with van der Waals surface area (Å²) in [5, 5.41) is 0. The summed E-state index contributed by atoms with van der Waals surface area (Å²) in [7, 11) is 0. The number of epoxide rings is 1. The van der Waals surface area contributed by atoms with E-state index in [1.165, 1.54) is 31.8 Å². The maximum Gasteiger partial charge on any atom is 0.330 e. The van der Waals surface area contributed by atoms with Crippen LogP contribution in [-0.4, -0.2) is 24.8 Å². The van der Waals surface area contributed by atoms with E-state index >= 15 is 0 Å². The van der Waals surface area contributed by atoms with Crippen molar-refractivity contribution in [3.05, 3.63) is 12.7 Å². The first-order valence-electron chi connectivity index (χ1n) is 7.72. The lowest BCUT2D eigenvalue weighted by Gasteiger charge is -2.32. The van der Waals surface area contributed by atoms with Crippen molar-refractivity contribution in [2.75, 3.05) is 6.61 Å². The summed E-state index contributed by atoms with van der Waals surface area (Å²) in [5.41, 5.74) is 0. The molecule has 1 saturated heterocycles. The van der Waals surface area contributed by atoms with Gasteiger partial charge in [0, 0.05) is 6.08 Å². The van der Waals surface area contributed by atoms with Gasteiger partial charge in [0.25, 0.3) is 0 Å². The minimum absolute atomic E-state index is 0.293. The monoisotopic (exact) mass is 262 g/mol. The molecule has 0 aromatic rings. The largest absolute Gasteiger partial charge is 0.463 e. The van der Waals surface area contributed by atoms with E-state index in [1.54, 1.807) is 0 Å². The Morgan fingerprint density at radius 2 is 2.21 bits per heavy atom. The lowest BCUT2D eigenvalue weighted by Crippen LogP contribution is -2.28. The van der Waals surface area contributed by atoms with E-state index in [-0.39, 0.29) is 5.97 Å². The van der Waals surface area contributed by atoms with Crippen LogP contribution in [-0.2, 0) is 14.3 Å². The van der Waals surface area contributed by atoms with Crippen LogP contribution in [0.25, 0.3) is 0 Å². The third-order valence-corrected chi connectivity index (χ3v) is 6.02. The lowest BCUT2D eigenvalue weighted by molar-refractivity contribution is -0.137. The molecule has 7 unspecified atom stereocenters. The zero-order valence-electron chi connectivity index (χ0n) is 11.3. The molecule has 0 radical (unpaired) electrons. The Balaban J connectivity index is 1.28. The van der Waals surface area contributed by atoms with Crippen molar-refractivity contribution in [1.29, 1.82) is 0 Å². The van der Waals surface area contributed by atoms with Crippen molar-refractivity contribution < 1.29 is 14.3 Å². The average molecular weight is 262 g/mol. The van der Waals surface area contributed by atoms with Crippen molar-refractivity contribution in [3.63, 3.8) is 0 Å². The fourth-order valence-corrected chi connectivity index (χ4v) is 5.35. The van der Waals surface area contributed by atoms with Crippen LogP contribution in [0.3, 0.4) is 0 Å². The Morgan fingerprint density at radius 3 is 3.05 bits per heavy atom. The highest BCUT2D eigenvalue weighted by molar-refractivity contribution is 5.81. The average Bonchev–Trinajstić information content (AvgIpc) is 2.79. The van der Waals surface area contributed by atoms with E-state index in [9.17, 15) is 4.79 Å². The summed E-state index contributed by atoms with van der Waals surface area (Å²) >= 11 is 0. The molecule has 19 heavy (non-hydrogen) atoms. The molecule has 0 amide bonds. The van der Waals surface area contributed by atoms with Crippen LogP contribution in [0.1, 0.15) is 32.1 Å². The molecule has 3 saturated carbocycles. The second-order valence-corrected chi connectivity index (χ2v) is 6.79. The van der Waals surface area contributed by atoms with Crippen LogP contribution in [0.15, 0.2) is 12.7 Å². The molecular formula is C16H22O3. The highest BCUT2D eigenvalue weighted by Crippen LogP contribution is 2.66. The maximum atomic E-state index is 11.0. The molecular weight excluding hydrogens is 240 g/mol. The molecule has 1 heterocycles. The van der Waals surface area contributed by atoms with Gasteiger partial charge in [-0.1, -0.05) is 6.58 Å².